The molecule has 6 heteroatoms. The quantitative estimate of drug-likeness (QED) is 0.616. The van der Waals surface area contributed by atoms with Crippen LogP contribution in [-0.2, 0) is 4.79 Å². The van der Waals surface area contributed by atoms with Crippen molar-refractivity contribution in [1.29, 1.82) is 0 Å². The van der Waals surface area contributed by atoms with Gasteiger partial charge in [0.15, 0.2) is 0 Å². The lowest BCUT2D eigenvalue weighted by atomic mass is 9.93. The summed E-state index contributed by atoms with van der Waals surface area (Å²) < 4.78 is 32.7. The average molecular weight is 298 g/mol. The van der Waals surface area contributed by atoms with Gasteiger partial charge in [0.2, 0.25) is 6.41 Å². The van der Waals surface area contributed by atoms with Crippen molar-refractivity contribution in [2.45, 2.75) is 18.5 Å². The van der Waals surface area contributed by atoms with E-state index in [0.29, 0.717) is 44.8 Å². The SMILES string of the molecule is O=CN1CCC(F)(CNCCOc2cccc(F)c2)CC1. The minimum atomic E-state index is -1.27. The number of ether oxygens (including phenoxy) is 1. The summed E-state index contributed by atoms with van der Waals surface area (Å²) in [4.78, 5) is 12.2. The minimum Gasteiger partial charge on any atom is -0.492 e. The Morgan fingerprint density at radius 1 is 1.38 bits per heavy atom. The van der Waals surface area contributed by atoms with Crippen molar-refractivity contribution in [2.75, 3.05) is 32.8 Å². The van der Waals surface area contributed by atoms with E-state index in [1.807, 2.05) is 0 Å². The molecule has 1 aromatic rings. The number of benzene rings is 1. The van der Waals surface area contributed by atoms with E-state index in [2.05, 4.69) is 5.32 Å². The molecule has 0 aromatic heterocycles. The first-order valence-corrected chi connectivity index (χ1v) is 7.09. The molecule has 4 nitrogen and oxygen atoms in total. The van der Waals surface area contributed by atoms with Crippen molar-refractivity contribution in [3.05, 3.63) is 30.1 Å². The van der Waals surface area contributed by atoms with Gasteiger partial charge in [-0.2, -0.15) is 0 Å². The van der Waals surface area contributed by atoms with Crippen LogP contribution in [0.1, 0.15) is 12.8 Å². The summed E-state index contributed by atoms with van der Waals surface area (Å²) in [5.74, 6) is 0.121. The fourth-order valence-electron chi connectivity index (χ4n) is 2.32. The van der Waals surface area contributed by atoms with Crippen LogP contribution in [0.5, 0.6) is 5.75 Å². The summed E-state index contributed by atoms with van der Waals surface area (Å²) in [7, 11) is 0. The van der Waals surface area contributed by atoms with E-state index in [0.717, 1.165) is 6.41 Å². The number of likely N-dealkylation sites (tertiary alicyclic amines) is 1. The van der Waals surface area contributed by atoms with Crippen LogP contribution in [-0.4, -0.2) is 49.8 Å². The summed E-state index contributed by atoms with van der Waals surface area (Å²) in [6, 6.07) is 5.92. The molecule has 21 heavy (non-hydrogen) atoms. The van der Waals surface area contributed by atoms with Crippen LogP contribution in [0.25, 0.3) is 0 Å². The number of halogens is 2. The molecule has 0 radical (unpaired) electrons. The normalized spacial score (nSPS) is 17.5. The van der Waals surface area contributed by atoms with E-state index in [9.17, 15) is 13.6 Å². The second-order valence-electron chi connectivity index (χ2n) is 5.27. The molecule has 116 valence electrons. The average Bonchev–Trinajstić information content (AvgIpc) is 2.48. The number of piperidine rings is 1. The number of carbonyl (C=O) groups is 1. The number of alkyl halides is 1. The molecule has 1 fully saturated rings. The van der Waals surface area contributed by atoms with Gasteiger partial charge in [-0.3, -0.25) is 4.79 Å². The Labute approximate surface area is 123 Å². The highest BCUT2D eigenvalue weighted by Crippen LogP contribution is 2.25. The van der Waals surface area contributed by atoms with Crippen molar-refractivity contribution in [3.8, 4) is 5.75 Å². The standard InChI is InChI=1S/C15H20F2N2O2/c16-13-2-1-3-14(10-13)21-9-6-18-11-15(17)4-7-19(12-20)8-5-15/h1-3,10,12,18H,4-9,11H2. The molecule has 0 bridgehead atoms. The van der Waals surface area contributed by atoms with Gasteiger partial charge in [0, 0.05) is 45.1 Å². The Morgan fingerprint density at radius 3 is 2.81 bits per heavy atom. The zero-order chi connectivity index (χ0) is 15.1. The molecule has 1 aromatic carbocycles. The van der Waals surface area contributed by atoms with Crippen molar-refractivity contribution in [1.82, 2.24) is 10.2 Å². The monoisotopic (exact) mass is 298 g/mol. The number of nitrogens with zero attached hydrogens (tertiary/aromatic N) is 1. The van der Waals surface area contributed by atoms with Crippen LogP contribution in [0.4, 0.5) is 8.78 Å². The van der Waals surface area contributed by atoms with E-state index in [-0.39, 0.29) is 12.4 Å². The zero-order valence-corrected chi connectivity index (χ0v) is 11.9. The first-order valence-electron chi connectivity index (χ1n) is 7.09. The van der Waals surface area contributed by atoms with Gasteiger partial charge in [0.1, 0.15) is 23.8 Å². The van der Waals surface area contributed by atoms with Crippen LogP contribution >= 0.6 is 0 Å². The van der Waals surface area contributed by atoms with Crippen LogP contribution in [0, 0.1) is 5.82 Å². The fraction of sp³-hybridized carbons (Fsp3) is 0.533. The van der Waals surface area contributed by atoms with Gasteiger partial charge in [0.25, 0.3) is 0 Å². The first-order chi connectivity index (χ1) is 10.1. The summed E-state index contributed by atoms with van der Waals surface area (Å²) >= 11 is 0. The Hall–Kier alpha value is -1.69. The number of rotatable bonds is 7. The van der Waals surface area contributed by atoms with Gasteiger partial charge in [-0.15, -0.1) is 0 Å². The Balaban J connectivity index is 1.62. The Bertz CT molecular complexity index is 463. The van der Waals surface area contributed by atoms with Crippen molar-refractivity contribution in [3.63, 3.8) is 0 Å². The van der Waals surface area contributed by atoms with Crippen LogP contribution in [0.2, 0.25) is 0 Å². The summed E-state index contributed by atoms with van der Waals surface area (Å²) in [6.07, 6.45) is 1.47. The second kappa shape index (κ2) is 7.36. The van der Waals surface area contributed by atoms with Gasteiger partial charge in [0.05, 0.1) is 0 Å². The van der Waals surface area contributed by atoms with Crippen LogP contribution in [0.15, 0.2) is 24.3 Å². The van der Waals surface area contributed by atoms with Crippen molar-refractivity contribution in [2.24, 2.45) is 0 Å². The third kappa shape index (κ3) is 4.97. The second-order valence-corrected chi connectivity index (χ2v) is 5.27. The zero-order valence-electron chi connectivity index (χ0n) is 11.9. The van der Waals surface area contributed by atoms with Gasteiger partial charge in [-0.25, -0.2) is 8.78 Å². The maximum Gasteiger partial charge on any atom is 0.209 e. The molecule has 0 saturated carbocycles. The largest absolute Gasteiger partial charge is 0.492 e. The summed E-state index contributed by atoms with van der Waals surface area (Å²) in [5.41, 5.74) is -1.27. The minimum absolute atomic E-state index is 0.242. The molecule has 1 N–H and O–H groups in total. The third-order valence-electron chi connectivity index (χ3n) is 3.63. The number of amides is 1. The maximum atomic E-state index is 14.4. The summed E-state index contributed by atoms with van der Waals surface area (Å²) in [5, 5.41) is 3.01. The molecule has 0 unspecified atom stereocenters. The number of carbonyl (C=O) groups excluding carboxylic acids is 1. The molecule has 0 spiro atoms. The predicted octanol–water partition coefficient (Wildman–Crippen LogP) is 1.75. The van der Waals surface area contributed by atoms with Gasteiger partial charge >= 0.3 is 0 Å². The molecule has 1 amide bonds. The number of nitrogens with one attached hydrogen (secondary N) is 1. The number of hydrogen-bond acceptors (Lipinski definition) is 3. The molecule has 1 heterocycles. The van der Waals surface area contributed by atoms with Crippen LogP contribution in [0.3, 0.4) is 0 Å². The van der Waals surface area contributed by atoms with E-state index in [1.165, 1.54) is 12.1 Å². The molecular weight excluding hydrogens is 278 g/mol. The van der Waals surface area contributed by atoms with Crippen molar-refractivity contribution >= 4 is 6.41 Å². The molecule has 1 aliphatic heterocycles. The Kier molecular flexibility index (Phi) is 5.50. The highest BCUT2D eigenvalue weighted by atomic mass is 19.1. The lowest BCUT2D eigenvalue weighted by Gasteiger charge is -2.34. The highest BCUT2D eigenvalue weighted by Gasteiger charge is 2.33. The summed E-state index contributed by atoms with van der Waals surface area (Å²) in [6.45, 7) is 1.99. The maximum absolute atomic E-state index is 14.4. The lowest BCUT2D eigenvalue weighted by Crippen LogP contribution is -2.47. The molecule has 0 aliphatic carbocycles. The highest BCUT2D eigenvalue weighted by molar-refractivity contribution is 5.47. The predicted molar refractivity (Wildman–Crippen MR) is 75.5 cm³/mol. The molecule has 0 atom stereocenters. The molecule has 2 rings (SSSR count). The molecule has 1 aliphatic rings. The van der Waals surface area contributed by atoms with Crippen LogP contribution < -0.4 is 10.1 Å². The molecule has 1 saturated heterocycles. The van der Waals surface area contributed by atoms with Gasteiger partial charge in [-0.05, 0) is 12.1 Å². The Morgan fingerprint density at radius 2 is 2.14 bits per heavy atom. The first kappa shape index (κ1) is 15.7. The van der Waals surface area contributed by atoms with Gasteiger partial charge < -0.3 is 15.0 Å². The van der Waals surface area contributed by atoms with E-state index < -0.39 is 5.67 Å². The molecular formula is C15H20F2N2O2. The fourth-order valence-corrected chi connectivity index (χ4v) is 2.32. The third-order valence-corrected chi connectivity index (χ3v) is 3.63. The van der Waals surface area contributed by atoms with Crippen molar-refractivity contribution < 1.29 is 18.3 Å². The smallest absolute Gasteiger partial charge is 0.209 e. The topological polar surface area (TPSA) is 41.6 Å². The van der Waals surface area contributed by atoms with E-state index in [4.69, 9.17) is 4.74 Å². The lowest BCUT2D eigenvalue weighted by molar-refractivity contribution is -0.120. The van der Waals surface area contributed by atoms with E-state index >= 15 is 0 Å². The van der Waals surface area contributed by atoms with Gasteiger partial charge in [-0.1, -0.05) is 6.07 Å². The van der Waals surface area contributed by atoms with E-state index in [1.54, 1.807) is 17.0 Å². The number of hydrogen-bond donors (Lipinski definition) is 1.